The minimum absolute atomic E-state index is 0.0719. The molecule has 0 radical (unpaired) electrons. The maximum Gasteiger partial charge on any atom is 0.306 e. The van der Waals surface area contributed by atoms with Crippen LogP contribution in [-0.4, -0.2) is 37.2 Å². The molecule has 340 valence electrons. The van der Waals surface area contributed by atoms with Gasteiger partial charge in [0.15, 0.2) is 6.10 Å². The number of unbranched alkanes of at least 4 members (excludes halogenated alkanes) is 32. The van der Waals surface area contributed by atoms with Crippen molar-refractivity contribution in [3.05, 3.63) is 24.3 Å². The largest absolute Gasteiger partial charge is 0.462 e. The molecule has 0 amide bonds. The molecule has 0 spiro atoms. The molecule has 0 saturated heterocycles. The normalized spacial score (nSPS) is 12.1. The van der Waals surface area contributed by atoms with E-state index in [9.17, 15) is 14.4 Å². The van der Waals surface area contributed by atoms with Crippen LogP contribution in [0.2, 0.25) is 0 Å². The highest BCUT2D eigenvalue weighted by Crippen LogP contribution is 2.15. The van der Waals surface area contributed by atoms with Gasteiger partial charge in [0, 0.05) is 19.3 Å². The maximum absolute atomic E-state index is 12.7. The fourth-order valence-electron chi connectivity index (χ4n) is 7.37. The van der Waals surface area contributed by atoms with Crippen LogP contribution in [0.5, 0.6) is 0 Å². The Kier molecular flexibility index (Phi) is 45.8. The molecular formula is C52H96O6. The first-order chi connectivity index (χ1) is 28.5. The van der Waals surface area contributed by atoms with Crippen molar-refractivity contribution in [2.75, 3.05) is 13.2 Å². The zero-order chi connectivity index (χ0) is 42.3. The van der Waals surface area contributed by atoms with Gasteiger partial charge in [0.1, 0.15) is 13.2 Å². The Morgan fingerprint density at radius 3 is 0.914 bits per heavy atom. The molecule has 0 aliphatic carbocycles. The Hall–Kier alpha value is -2.11. The van der Waals surface area contributed by atoms with Crippen molar-refractivity contribution in [2.45, 2.75) is 277 Å². The van der Waals surface area contributed by atoms with Crippen LogP contribution in [0.4, 0.5) is 0 Å². The molecule has 0 aliphatic heterocycles. The molecule has 0 aromatic rings. The van der Waals surface area contributed by atoms with E-state index in [4.69, 9.17) is 14.2 Å². The number of ether oxygens (including phenoxy) is 3. The minimum Gasteiger partial charge on any atom is -0.462 e. The molecule has 0 N–H and O–H groups in total. The average molecular weight is 817 g/mol. The van der Waals surface area contributed by atoms with Crippen LogP contribution in [0, 0.1) is 0 Å². The fraction of sp³-hybridized carbons (Fsp3) is 0.865. The van der Waals surface area contributed by atoms with Crippen molar-refractivity contribution in [1.29, 1.82) is 0 Å². The Morgan fingerprint density at radius 1 is 0.345 bits per heavy atom. The van der Waals surface area contributed by atoms with Crippen molar-refractivity contribution in [3.8, 4) is 0 Å². The number of rotatable bonds is 46. The van der Waals surface area contributed by atoms with Gasteiger partial charge in [-0.2, -0.15) is 0 Å². The van der Waals surface area contributed by atoms with E-state index in [2.05, 4.69) is 45.1 Å². The van der Waals surface area contributed by atoms with Crippen LogP contribution in [0.3, 0.4) is 0 Å². The van der Waals surface area contributed by atoms with Gasteiger partial charge in [0.05, 0.1) is 0 Å². The van der Waals surface area contributed by atoms with Crippen LogP contribution in [0.1, 0.15) is 271 Å². The molecule has 0 bridgehead atoms. The lowest BCUT2D eigenvalue weighted by molar-refractivity contribution is -0.167. The van der Waals surface area contributed by atoms with Crippen LogP contribution in [0.15, 0.2) is 24.3 Å². The summed E-state index contributed by atoms with van der Waals surface area (Å²) < 4.78 is 16.7. The summed E-state index contributed by atoms with van der Waals surface area (Å²) in [4.78, 5) is 37.8. The van der Waals surface area contributed by atoms with Crippen molar-refractivity contribution in [3.63, 3.8) is 0 Å². The second-order valence-corrected chi connectivity index (χ2v) is 17.1. The van der Waals surface area contributed by atoms with E-state index in [0.29, 0.717) is 19.3 Å². The number of carbonyl (C=O) groups is 3. The standard InChI is InChI=1S/C52H96O6/c1-4-7-10-13-16-19-22-24-25-26-27-28-29-31-33-36-39-42-45-51(54)57-48-49(47-56-50(53)44-41-38-35-32-21-18-15-12-9-6-3)58-52(55)46-43-40-37-34-30-23-20-17-14-11-8-5-2/h25-28,49H,4-24,29-48H2,1-3H3/b26-25-,28-27-. The third kappa shape index (κ3) is 45.0. The van der Waals surface area contributed by atoms with Gasteiger partial charge in [-0.25, -0.2) is 0 Å². The van der Waals surface area contributed by atoms with Crippen LogP contribution >= 0.6 is 0 Å². The van der Waals surface area contributed by atoms with Gasteiger partial charge < -0.3 is 14.2 Å². The fourth-order valence-corrected chi connectivity index (χ4v) is 7.37. The number of carbonyl (C=O) groups excluding carboxylic acids is 3. The molecule has 0 aromatic carbocycles. The monoisotopic (exact) mass is 817 g/mol. The first-order valence-electron chi connectivity index (χ1n) is 25.4. The lowest BCUT2D eigenvalue weighted by atomic mass is 10.0. The zero-order valence-corrected chi connectivity index (χ0v) is 38.8. The molecule has 0 saturated carbocycles. The van der Waals surface area contributed by atoms with Crippen LogP contribution in [-0.2, 0) is 28.6 Å². The highest BCUT2D eigenvalue weighted by molar-refractivity contribution is 5.71. The van der Waals surface area contributed by atoms with Crippen molar-refractivity contribution >= 4 is 17.9 Å². The van der Waals surface area contributed by atoms with Gasteiger partial charge in [0.25, 0.3) is 0 Å². The molecule has 1 atom stereocenters. The summed E-state index contributed by atoms with van der Waals surface area (Å²) in [6.07, 6.45) is 53.0. The SMILES string of the molecule is CCCCCCCCC/C=C\C=C/CCCCCCCC(=O)OCC(COC(=O)CCCCCCCCCCCC)OC(=O)CCCCCCCCCCCCCC. The van der Waals surface area contributed by atoms with E-state index in [0.717, 1.165) is 77.0 Å². The van der Waals surface area contributed by atoms with E-state index in [1.54, 1.807) is 0 Å². The third-order valence-corrected chi connectivity index (χ3v) is 11.2. The van der Waals surface area contributed by atoms with Crippen LogP contribution in [0.25, 0.3) is 0 Å². The first-order valence-corrected chi connectivity index (χ1v) is 25.4. The summed E-state index contributed by atoms with van der Waals surface area (Å²) in [6.45, 7) is 6.62. The van der Waals surface area contributed by atoms with E-state index in [-0.39, 0.29) is 31.1 Å². The Morgan fingerprint density at radius 2 is 0.603 bits per heavy atom. The number of esters is 3. The third-order valence-electron chi connectivity index (χ3n) is 11.2. The molecule has 6 heteroatoms. The Labute approximate surface area is 360 Å². The summed E-state index contributed by atoms with van der Waals surface area (Å²) in [6, 6.07) is 0. The molecule has 58 heavy (non-hydrogen) atoms. The van der Waals surface area contributed by atoms with E-state index >= 15 is 0 Å². The summed E-state index contributed by atoms with van der Waals surface area (Å²) in [5.74, 6) is -0.878. The highest BCUT2D eigenvalue weighted by Gasteiger charge is 2.19. The van der Waals surface area contributed by atoms with E-state index < -0.39 is 6.10 Å². The molecule has 6 nitrogen and oxygen atoms in total. The summed E-state index contributed by atoms with van der Waals surface area (Å²) >= 11 is 0. The van der Waals surface area contributed by atoms with Gasteiger partial charge >= 0.3 is 17.9 Å². The van der Waals surface area contributed by atoms with Crippen molar-refractivity contribution in [2.24, 2.45) is 0 Å². The van der Waals surface area contributed by atoms with Gasteiger partial charge in [0.2, 0.25) is 0 Å². The number of allylic oxidation sites excluding steroid dienone is 4. The number of hydrogen-bond acceptors (Lipinski definition) is 6. The van der Waals surface area contributed by atoms with Gasteiger partial charge in [-0.3, -0.25) is 14.4 Å². The van der Waals surface area contributed by atoms with Gasteiger partial charge in [-0.15, -0.1) is 0 Å². The minimum atomic E-state index is -0.770. The second-order valence-electron chi connectivity index (χ2n) is 17.1. The topological polar surface area (TPSA) is 78.9 Å². The van der Waals surface area contributed by atoms with Gasteiger partial charge in [-0.1, -0.05) is 231 Å². The average Bonchev–Trinajstić information content (AvgIpc) is 3.22. The smallest absolute Gasteiger partial charge is 0.306 e. The van der Waals surface area contributed by atoms with Crippen LogP contribution < -0.4 is 0 Å². The zero-order valence-electron chi connectivity index (χ0n) is 38.8. The van der Waals surface area contributed by atoms with Gasteiger partial charge in [-0.05, 0) is 44.9 Å². The van der Waals surface area contributed by atoms with Crippen molar-refractivity contribution < 1.29 is 28.6 Å². The molecule has 0 heterocycles. The predicted octanol–water partition coefficient (Wildman–Crippen LogP) is 16.4. The molecular weight excluding hydrogens is 721 g/mol. The Bertz CT molecular complexity index is 942. The molecule has 0 aromatic heterocycles. The first kappa shape index (κ1) is 55.9. The quantitative estimate of drug-likeness (QED) is 0.0263. The van der Waals surface area contributed by atoms with Crippen molar-refractivity contribution in [1.82, 2.24) is 0 Å². The molecule has 0 aliphatic rings. The molecule has 0 rings (SSSR count). The molecule has 0 fully saturated rings. The maximum atomic E-state index is 12.7. The summed E-state index contributed by atoms with van der Waals surface area (Å²) in [5, 5.41) is 0. The van der Waals surface area contributed by atoms with E-state index in [1.165, 1.54) is 154 Å². The lowest BCUT2D eigenvalue weighted by Gasteiger charge is -2.18. The highest BCUT2D eigenvalue weighted by atomic mass is 16.6. The second kappa shape index (κ2) is 47.6. The van der Waals surface area contributed by atoms with E-state index in [1.807, 2.05) is 0 Å². The molecule has 1 unspecified atom stereocenters. The predicted molar refractivity (Wildman–Crippen MR) is 247 cm³/mol. The lowest BCUT2D eigenvalue weighted by Crippen LogP contribution is -2.30. The summed E-state index contributed by atoms with van der Waals surface area (Å²) in [7, 11) is 0. The summed E-state index contributed by atoms with van der Waals surface area (Å²) in [5.41, 5.74) is 0. The Balaban J connectivity index is 4.32. The number of hydrogen-bond donors (Lipinski definition) is 0.